The third-order valence-corrected chi connectivity index (χ3v) is 6.22. The Labute approximate surface area is 216 Å². The third kappa shape index (κ3) is 6.86. The quantitative estimate of drug-likeness (QED) is 0.145. The van der Waals surface area contributed by atoms with Crippen LogP contribution in [0.25, 0.3) is 11.1 Å². The van der Waals surface area contributed by atoms with Gasteiger partial charge in [-0.15, -0.1) is 0 Å². The van der Waals surface area contributed by atoms with E-state index in [1.165, 1.54) is 17.3 Å². The molecule has 0 aliphatic carbocycles. The summed E-state index contributed by atoms with van der Waals surface area (Å²) in [7, 11) is 0. The Kier molecular flexibility index (Phi) is 8.44. The Balaban J connectivity index is 1.35. The average Bonchev–Trinajstić information content (AvgIpc) is 3.26. The summed E-state index contributed by atoms with van der Waals surface area (Å²) in [5.74, 6) is 1.07. The molecule has 0 bridgehead atoms. The molecular weight excluding hydrogens is 530 g/mol. The molecule has 0 fully saturated rings. The van der Waals surface area contributed by atoms with E-state index in [0.717, 1.165) is 21.1 Å². The number of hydrogen-bond donors (Lipinski definition) is 1. The SMILES string of the molecule is CCOc1cc(/C=N\NC(=O)CSc2nc3ccccc3o2)cc(Br)c1OCc1cccc(C)c1. The first kappa shape index (κ1) is 24.8. The van der Waals surface area contributed by atoms with E-state index in [4.69, 9.17) is 13.9 Å². The van der Waals surface area contributed by atoms with Crippen molar-refractivity contribution in [3.8, 4) is 11.5 Å². The minimum Gasteiger partial charge on any atom is -0.490 e. The first-order valence-electron chi connectivity index (χ1n) is 11.0. The Morgan fingerprint density at radius 2 is 2.03 bits per heavy atom. The molecule has 0 spiro atoms. The van der Waals surface area contributed by atoms with Crippen molar-refractivity contribution in [2.75, 3.05) is 12.4 Å². The predicted octanol–water partition coefficient (Wildman–Crippen LogP) is 6.12. The molecule has 4 aromatic rings. The summed E-state index contributed by atoms with van der Waals surface area (Å²) in [5, 5.41) is 4.51. The maximum absolute atomic E-state index is 12.2. The zero-order chi connectivity index (χ0) is 24.6. The number of nitrogens with one attached hydrogen (secondary N) is 1. The largest absolute Gasteiger partial charge is 0.490 e. The minimum absolute atomic E-state index is 0.129. The van der Waals surface area contributed by atoms with E-state index in [9.17, 15) is 4.79 Å². The number of carbonyl (C=O) groups excluding carboxylic acids is 1. The summed E-state index contributed by atoms with van der Waals surface area (Å²) in [6.07, 6.45) is 1.56. The van der Waals surface area contributed by atoms with E-state index in [-0.39, 0.29) is 11.7 Å². The summed E-state index contributed by atoms with van der Waals surface area (Å²) >= 11 is 4.78. The number of rotatable bonds is 10. The highest BCUT2D eigenvalue weighted by Gasteiger charge is 2.13. The summed E-state index contributed by atoms with van der Waals surface area (Å²) in [5.41, 5.74) is 6.97. The fourth-order valence-corrected chi connectivity index (χ4v) is 4.48. The van der Waals surface area contributed by atoms with E-state index in [1.54, 1.807) is 6.21 Å². The molecule has 0 aliphatic rings. The van der Waals surface area contributed by atoms with Gasteiger partial charge in [-0.25, -0.2) is 10.4 Å². The zero-order valence-electron chi connectivity index (χ0n) is 19.3. The van der Waals surface area contributed by atoms with Crippen LogP contribution in [-0.4, -0.2) is 29.5 Å². The highest BCUT2D eigenvalue weighted by molar-refractivity contribution is 9.10. The second-order valence-electron chi connectivity index (χ2n) is 7.57. The van der Waals surface area contributed by atoms with Gasteiger partial charge in [-0.3, -0.25) is 4.79 Å². The van der Waals surface area contributed by atoms with Crippen molar-refractivity contribution in [3.05, 3.63) is 81.8 Å². The first-order chi connectivity index (χ1) is 17.0. The number of aryl methyl sites for hydroxylation is 1. The number of ether oxygens (including phenoxy) is 2. The van der Waals surface area contributed by atoms with Crippen LogP contribution in [-0.2, 0) is 11.4 Å². The van der Waals surface area contributed by atoms with Crippen LogP contribution in [0.4, 0.5) is 0 Å². The summed E-state index contributed by atoms with van der Waals surface area (Å²) in [6.45, 7) is 4.86. The van der Waals surface area contributed by atoms with E-state index in [0.29, 0.717) is 35.5 Å². The van der Waals surface area contributed by atoms with Gasteiger partial charge in [-0.1, -0.05) is 53.7 Å². The van der Waals surface area contributed by atoms with Gasteiger partial charge in [0.05, 0.1) is 23.0 Å². The number of para-hydroxylation sites is 2. The molecule has 1 N–H and O–H groups in total. The van der Waals surface area contributed by atoms with Crippen LogP contribution in [0, 0.1) is 6.92 Å². The molecule has 0 saturated heterocycles. The van der Waals surface area contributed by atoms with E-state index >= 15 is 0 Å². The van der Waals surface area contributed by atoms with Crippen LogP contribution in [0.1, 0.15) is 23.6 Å². The Bertz CT molecular complexity index is 1320. The number of halogens is 1. The van der Waals surface area contributed by atoms with Crippen LogP contribution < -0.4 is 14.9 Å². The third-order valence-electron chi connectivity index (χ3n) is 4.80. The summed E-state index contributed by atoms with van der Waals surface area (Å²) in [4.78, 5) is 16.5. The summed E-state index contributed by atoms with van der Waals surface area (Å²) in [6, 6.07) is 19.3. The predicted molar refractivity (Wildman–Crippen MR) is 141 cm³/mol. The number of aromatic nitrogens is 1. The van der Waals surface area contributed by atoms with Gasteiger partial charge in [0, 0.05) is 0 Å². The Morgan fingerprint density at radius 3 is 2.83 bits per heavy atom. The Morgan fingerprint density at radius 1 is 1.17 bits per heavy atom. The number of hydrazone groups is 1. The van der Waals surface area contributed by atoms with Crippen molar-refractivity contribution >= 4 is 50.9 Å². The highest BCUT2D eigenvalue weighted by Crippen LogP contribution is 2.37. The molecule has 3 aromatic carbocycles. The molecule has 0 atom stereocenters. The topological polar surface area (TPSA) is 86.0 Å². The number of fused-ring (bicyclic) bond motifs is 1. The van der Waals surface area contributed by atoms with Crippen molar-refractivity contribution in [2.45, 2.75) is 25.7 Å². The Hall–Kier alpha value is -3.30. The minimum atomic E-state index is -0.268. The van der Waals surface area contributed by atoms with Crippen molar-refractivity contribution in [3.63, 3.8) is 0 Å². The number of oxazole rings is 1. The molecule has 0 radical (unpaired) electrons. The van der Waals surface area contributed by atoms with Crippen LogP contribution in [0.2, 0.25) is 0 Å². The van der Waals surface area contributed by atoms with Gasteiger partial charge in [0.2, 0.25) is 0 Å². The molecule has 1 aromatic heterocycles. The smallest absolute Gasteiger partial charge is 0.257 e. The second-order valence-corrected chi connectivity index (χ2v) is 9.35. The van der Waals surface area contributed by atoms with Crippen molar-refractivity contribution in [1.82, 2.24) is 10.4 Å². The molecule has 0 unspecified atom stereocenters. The zero-order valence-corrected chi connectivity index (χ0v) is 21.7. The molecule has 180 valence electrons. The van der Waals surface area contributed by atoms with Gasteiger partial charge < -0.3 is 13.9 Å². The van der Waals surface area contributed by atoms with Gasteiger partial charge in [0.15, 0.2) is 17.1 Å². The van der Waals surface area contributed by atoms with Gasteiger partial charge in [0.25, 0.3) is 11.1 Å². The lowest BCUT2D eigenvalue weighted by molar-refractivity contribution is -0.118. The fraction of sp³-hybridized carbons (Fsp3) is 0.192. The molecule has 1 amide bonds. The number of benzene rings is 3. The highest BCUT2D eigenvalue weighted by atomic mass is 79.9. The van der Waals surface area contributed by atoms with Crippen molar-refractivity contribution in [2.24, 2.45) is 5.10 Å². The van der Waals surface area contributed by atoms with Crippen LogP contribution >= 0.6 is 27.7 Å². The molecule has 35 heavy (non-hydrogen) atoms. The van der Waals surface area contributed by atoms with Crippen LogP contribution in [0.3, 0.4) is 0 Å². The number of amides is 1. The summed E-state index contributed by atoms with van der Waals surface area (Å²) < 4.78 is 18.2. The lowest BCUT2D eigenvalue weighted by Crippen LogP contribution is -2.19. The van der Waals surface area contributed by atoms with Gasteiger partial charge in [-0.05, 0) is 65.2 Å². The molecule has 7 nitrogen and oxygen atoms in total. The molecule has 0 saturated carbocycles. The number of hydrogen-bond acceptors (Lipinski definition) is 7. The number of thioether (sulfide) groups is 1. The van der Waals surface area contributed by atoms with Gasteiger partial charge in [0.1, 0.15) is 12.1 Å². The number of carbonyl (C=O) groups is 1. The van der Waals surface area contributed by atoms with Gasteiger partial charge >= 0.3 is 0 Å². The fourth-order valence-electron chi connectivity index (χ4n) is 3.27. The van der Waals surface area contributed by atoms with Crippen molar-refractivity contribution < 1.29 is 18.7 Å². The molecule has 9 heteroatoms. The molecule has 1 heterocycles. The number of nitrogens with zero attached hydrogens (tertiary/aromatic N) is 2. The van der Waals surface area contributed by atoms with Gasteiger partial charge in [-0.2, -0.15) is 5.10 Å². The average molecular weight is 554 g/mol. The molecule has 4 rings (SSSR count). The maximum Gasteiger partial charge on any atom is 0.257 e. The van der Waals surface area contributed by atoms with Crippen molar-refractivity contribution in [1.29, 1.82) is 0 Å². The van der Waals surface area contributed by atoms with Crippen LogP contribution in [0.15, 0.2) is 79.9 Å². The lowest BCUT2D eigenvalue weighted by atomic mass is 10.1. The maximum atomic E-state index is 12.2. The molecule has 0 aliphatic heterocycles. The second kappa shape index (κ2) is 11.9. The van der Waals surface area contributed by atoms with E-state index in [2.05, 4.69) is 37.5 Å². The lowest BCUT2D eigenvalue weighted by Gasteiger charge is -2.15. The first-order valence-corrected chi connectivity index (χ1v) is 12.7. The van der Waals surface area contributed by atoms with Crippen LogP contribution in [0.5, 0.6) is 11.5 Å². The van der Waals surface area contributed by atoms with E-state index in [1.807, 2.05) is 68.4 Å². The normalized spacial score (nSPS) is 11.2. The van der Waals surface area contributed by atoms with E-state index < -0.39 is 0 Å². The standard InChI is InChI=1S/C26H24BrN3O4S/c1-3-32-23-13-19(12-20(27)25(23)33-15-18-8-6-7-17(2)11-18)14-28-30-24(31)16-35-26-29-21-9-4-5-10-22(21)34-26/h4-14H,3,15-16H2,1-2H3,(H,30,31)/b28-14-. The monoisotopic (exact) mass is 553 g/mol. The molecular formula is C26H24BrN3O4S.